The first-order valence-corrected chi connectivity index (χ1v) is 5.45. The summed E-state index contributed by atoms with van der Waals surface area (Å²) in [5, 5.41) is 8.37. The van der Waals surface area contributed by atoms with E-state index in [2.05, 4.69) is 22.1 Å². The number of aromatic nitrogens is 4. The first-order valence-electron chi connectivity index (χ1n) is 5.45. The molecule has 2 unspecified atom stereocenters. The molecule has 2 aromatic heterocycles. The minimum absolute atomic E-state index is 0.0492. The summed E-state index contributed by atoms with van der Waals surface area (Å²) in [6.45, 7) is 7.94. The van der Waals surface area contributed by atoms with Crippen molar-refractivity contribution in [1.82, 2.24) is 19.6 Å². The third kappa shape index (κ3) is 1.67. The van der Waals surface area contributed by atoms with Gasteiger partial charge in [-0.1, -0.05) is 6.92 Å². The number of rotatable bonds is 2. The summed E-state index contributed by atoms with van der Waals surface area (Å²) in [6, 6.07) is 1.98. The second-order valence-corrected chi connectivity index (χ2v) is 4.34. The second kappa shape index (κ2) is 3.83. The Balaban J connectivity index is 2.65. The largest absolute Gasteiger partial charge is 0.327 e. The standard InChI is InChI=1S/C11H17N5/c1-6-5-10-14-15-11(7(2)8(3)12)16(10)9(4)13-6/h5,7-8H,12H2,1-4H3. The van der Waals surface area contributed by atoms with Crippen LogP contribution in [0, 0.1) is 13.8 Å². The molecule has 0 aliphatic carbocycles. The van der Waals surface area contributed by atoms with Crippen molar-refractivity contribution in [2.45, 2.75) is 39.7 Å². The highest BCUT2D eigenvalue weighted by Gasteiger charge is 2.18. The van der Waals surface area contributed by atoms with E-state index in [1.54, 1.807) is 0 Å². The van der Waals surface area contributed by atoms with Gasteiger partial charge in [-0.2, -0.15) is 0 Å². The van der Waals surface area contributed by atoms with Gasteiger partial charge in [0.25, 0.3) is 0 Å². The summed E-state index contributed by atoms with van der Waals surface area (Å²) in [4.78, 5) is 4.42. The molecule has 2 aromatic rings. The third-order valence-corrected chi connectivity index (χ3v) is 2.91. The van der Waals surface area contributed by atoms with Crippen LogP contribution >= 0.6 is 0 Å². The van der Waals surface area contributed by atoms with Gasteiger partial charge in [0.15, 0.2) is 5.65 Å². The van der Waals surface area contributed by atoms with Crippen LogP contribution in [0.1, 0.15) is 37.1 Å². The number of hydrogen-bond acceptors (Lipinski definition) is 4. The van der Waals surface area contributed by atoms with Crippen LogP contribution in [0.4, 0.5) is 0 Å². The molecule has 0 bridgehead atoms. The Hall–Kier alpha value is -1.49. The Labute approximate surface area is 94.7 Å². The van der Waals surface area contributed by atoms with Crippen molar-refractivity contribution in [3.05, 3.63) is 23.4 Å². The predicted octanol–water partition coefficient (Wildman–Crippen LogP) is 1.19. The van der Waals surface area contributed by atoms with Crippen molar-refractivity contribution in [2.24, 2.45) is 5.73 Å². The van der Waals surface area contributed by atoms with Gasteiger partial charge < -0.3 is 5.73 Å². The summed E-state index contributed by atoms with van der Waals surface area (Å²) < 4.78 is 1.97. The Morgan fingerprint density at radius 2 is 1.94 bits per heavy atom. The SMILES string of the molecule is Cc1cc2nnc(C(C)C(C)N)n2c(C)n1. The molecule has 0 saturated heterocycles. The van der Waals surface area contributed by atoms with Crippen LogP contribution < -0.4 is 5.73 Å². The van der Waals surface area contributed by atoms with Crippen molar-refractivity contribution in [3.63, 3.8) is 0 Å². The van der Waals surface area contributed by atoms with E-state index < -0.39 is 0 Å². The van der Waals surface area contributed by atoms with Crippen LogP contribution in [0.15, 0.2) is 6.07 Å². The molecule has 86 valence electrons. The lowest BCUT2D eigenvalue weighted by Crippen LogP contribution is -2.24. The van der Waals surface area contributed by atoms with E-state index in [4.69, 9.17) is 5.73 Å². The van der Waals surface area contributed by atoms with Crippen LogP contribution in [0.3, 0.4) is 0 Å². The first kappa shape index (κ1) is 11.0. The maximum Gasteiger partial charge on any atom is 0.164 e. The second-order valence-electron chi connectivity index (χ2n) is 4.34. The molecule has 5 nitrogen and oxygen atoms in total. The zero-order chi connectivity index (χ0) is 11.9. The highest BCUT2D eigenvalue weighted by atomic mass is 15.3. The third-order valence-electron chi connectivity index (χ3n) is 2.91. The molecule has 0 aliphatic heterocycles. The molecular formula is C11H17N5. The van der Waals surface area contributed by atoms with E-state index in [1.165, 1.54) is 0 Å². The van der Waals surface area contributed by atoms with Crippen LogP contribution in [-0.2, 0) is 0 Å². The minimum atomic E-state index is 0.0492. The van der Waals surface area contributed by atoms with Crippen molar-refractivity contribution in [3.8, 4) is 0 Å². The lowest BCUT2D eigenvalue weighted by molar-refractivity contribution is 0.572. The molecule has 2 heterocycles. The van der Waals surface area contributed by atoms with E-state index in [1.807, 2.05) is 31.2 Å². The molecule has 0 spiro atoms. The maximum atomic E-state index is 5.90. The van der Waals surface area contributed by atoms with Crippen LogP contribution in [-0.4, -0.2) is 25.6 Å². The fourth-order valence-corrected chi connectivity index (χ4v) is 1.79. The van der Waals surface area contributed by atoms with Gasteiger partial charge in [0.05, 0.1) is 0 Å². The average molecular weight is 219 g/mol. The lowest BCUT2D eigenvalue weighted by Gasteiger charge is -2.14. The van der Waals surface area contributed by atoms with Gasteiger partial charge in [-0.15, -0.1) is 10.2 Å². The molecule has 5 heteroatoms. The molecule has 0 fully saturated rings. The topological polar surface area (TPSA) is 69.1 Å². The first-order chi connectivity index (χ1) is 7.50. The molecule has 2 atom stereocenters. The van der Waals surface area contributed by atoms with Crippen LogP contribution in [0.25, 0.3) is 5.65 Å². The molecule has 0 radical (unpaired) electrons. The molecule has 2 N–H and O–H groups in total. The fourth-order valence-electron chi connectivity index (χ4n) is 1.79. The number of nitrogens with zero attached hydrogens (tertiary/aromatic N) is 4. The van der Waals surface area contributed by atoms with Crippen molar-refractivity contribution in [1.29, 1.82) is 0 Å². The minimum Gasteiger partial charge on any atom is -0.327 e. The zero-order valence-corrected chi connectivity index (χ0v) is 10.1. The summed E-state index contributed by atoms with van der Waals surface area (Å²) in [5.74, 6) is 1.95. The Bertz CT molecular complexity index is 514. The molecule has 0 amide bonds. The van der Waals surface area contributed by atoms with Gasteiger partial charge in [0, 0.05) is 23.7 Å². The molecule has 0 saturated carbocycles. The fraction of sp³-hybridized carbons (Fsp3) is 0.545. The number of aryl methyl sites for hydroxylation is 2. The summed E-state index contributed by atoms with van der Waals surface area (Å²) >= 11 is 0. The molecule has 16 heavy (non-hydrogen) atoms. The quantitative estimate of drug-likeness (QED) is 0.823. The monoisotopic (exact) mass is 219 g/mol. The predicted molar refractivity (Wildman–Crippen MR) is 62.3 cm³/mol. The van der Waals surface area contributed by atoms with E-state index >= 15 is 0 Å². The Morgan fingerprint density at radius 3 is 2.56 bits per heavy atom. The summed E-state index contributed by atoms with van der Waals surface area (Å²) in [7, 11) is 0. The van der Waals surface area contributed by atoms with Crippen molar-refractivity contribution in [2.75, 3.05) is 0 Å². The Kier molecular flexibility index (Phi) is 2.63. The van der Waals surface area contributed by atoms with E-state index in [-0.39, 0.29) is 12.0 Å². The average Bonchev–Trinajstić information content (AvgIpc) is 2.59. The van der Waals surface area contributed by atoms with Gasteiger partial charge in [0.2, 0.25) is 0 Å². The van der Waals surface area contributed by atoms with E-state index in [0.717, 1.165) is 23.0 Å². The van der Waals surface area contributed by atoms with E-state index in [9.17, 15) is 0 Å². The molecule has 2 rings (SSSR count). The maximum absolute atomic E-state index is 5.90. The highest BCUT2D eigenvalue weighted by Crippen LogP contribution is 2.18. The number of fused-ring (bicyclic) bond motifs is 1. The van der Waals surface area contributed by atoms with Gasteiger partial charge >= 0.3 is 0 Å². The highest BCUT2D eigenvalue weighted by molar-refractivity contribution is 5.40. The zero-order valence-electron chi connectivity index (χ0n) is 10.1. The summed E-state index contributed by atoms with van der Waals surface area (Å²) in [5.41, 5.74) is 7.69. The van der Waals surface area contributed by atoms with Gasteiger partial charge in [-0.05, 0) is 20.8 Å². The van der Waals surface area contributed by atoms with Crippen molar-refractivity contribution >= 4 is 5.65 Å². The van der Waals surface area contributed by atoms with Crippen LogP contribution in [0.5, 0.6) is 0 Å². The van der Waals surface area contributed by atoms with Gasteiger partial charge in [-0.25, -0.2) is 4.98 Å². The molecule has 0 aliphatic rings. The normalized spacial score (nSPS) is 15.3. The smallest absolute Gasteiger partial charge is 0.164 e. The lowest BCUT2D eigenvalue weighted by atomic mass is 10.0. The summed E-state index contributed by atoms with van der Waals surface area (Å²) in [6.07, 6.45) is 0. The van der Waals surface area contributed by atoms with Crippen molar-refractivity contribution < 1.29 is 0 Å². The molecular weight excluding hydrogens is 202 g/mol. The molecule has 0 aromatic carbocycles. The van der Waals surface area contributed by atoms with E-state index in [0.29, 0.717) is 0 Å². The van der Waals surface area contributed by atoms with Crippen LogP contribution in [0.2, 0.25) is 0 Å². The number of hydrogen-bond donors (Lipinski definition) is 1. The Morgan fingerprint density at radius 1 is 1.25 bits per heavy atom. The van der Waals surface area contributed by atoms with Gasteiger partial charge in [0.1, 0.15) is 11.6 Å². The number of nitrogens with two attached hydrogens (primary N) is 1. The van der Waals surface area contributed by atoms with Gasteiger partial charge in [-0.3, -0.25) is 4.40 Å².